The molecule has 0 saturated carbocycles. The Kier molecular flexibility index (Phi) is 11.2. The van der Waals surface area contributed by atoms with Gasteiger partial charge in [0.2, 0.25) is 10.0 Å². The third-order valence-corrected chi connectivity index (χ3v) is 4.74. The number of rotatable bonds is 11. The lowest BCUT2D eigenvalue weighted by Crippen LogP contribution is -2.40. The first-order valence-corrected chi connectivity index (χ1v) is 8.96. The van der Waals surface area contributed by atoms with Crippen molar-refractivity contribution in [3.63, 3.8) is 0 Å². The fourth-order valence-corrected chi connectivity index (χ4v) is 3.20. The minimum atomic E-state index is -3.55. The molecule has 0 heterocycles. The van der Waals surface area contributed by atoms with Gasteiger partial charge in [0.15, 0.2) is 0 Å². The number of unbranched alkanes of at least 4 members (excludes halogenated alkanes) is 1. The molecule has 0 amide bonds. The maximum atomic E-state index is 12.3. The van der Waals surface area contributed by atoms with Gasteiger partial charge in [-0.25, -0.2) is 13.1 Å². The predicted molar refractivity (Wildman–Crippen MR) is 93.7 cm³/mol. The zero-order chi connectivity index (χ0) is 16.4. The Balaban J connectivity index is 0.00000484. The molecule has 0 aliphatic heterocycles. The highest BCUT2D eigenvalue weighted by molar-refractivity contribution is 7.89. The Morgan fingerprint density at radius 2 is 1.87 bits per heavy atom. The van der Waals surface area contributed by atoms with Crippen LogP contribution in [0.3, 0.4) is 0 Å². The van der Waals surface area contributed by atoms with Crippen molar-refractivity contribution in [1.29, 1.82) is 0 Å². The van der Waals surface area contributed by atoms with Crippen LogP contribution in [-0.4, -0.2) is 41.3 Å². The lowest BCUT2D eigenvalue weighted by molar-refractivity contribution is 0.146. The normalized spacial score (nSPS) is 12.5. The molecule has 0 radical (unpaired) electrons. The summed E-state index contributed by atoms with van der Waals surface area (Å²) in [6.07, 6.45) is 2.69. The molecule has 6 nitrogen and oxygen atoms in total. The number of nitrogens with two attached hydrogens (primary N) is 1. The summed E-state index contributed by atoms with van der Waals surface area (Å²) in [5.74, 6) is 0.609. The average molecular weight is 367 g/mol. The summed E-state index contributed by atoms with van der Waals surface area (Å²) in [5, 5.41) is 0. The second-order valence-electron chi connectivity index (χ2n) is 5.01. The van der Waals surface area contributed by atoms with Gasteiger partial charge in [0.25, 0.3) is 0 Å². The van der Waals surface area contributed by atoms with Gasteiger partial charge in [-0.1, -0.05) is 19.8 Å². The monoisotopic (exact) mass is 366 g/mol. The second kappa shape index (κ2) is 11.6. The van der Waals surface area contributed by atoms with E-state index < -0.39 is 10.0 Å². The number of hydrogen-bond donors (Lipinski definition) is 2. The summed E-state index contributed by atoms with van der Waals surface area (Å²) in [5.41, 5.74) is 5.63. The Morgan fingerprint density at radius 1 is 1.22 bits per heavy atom. The molecule has 1 unspecified atom stereocenters. The summed E-state index contributed by atoms with van der Waals surface area (Å²) in [4.78, 5) is 0.210. The van der Waals surface area contributed by atoms with Crippen LogP contribution in [0.4, 0.5) is 0 Å². The van der Waals surface area contributed by atoms with Crippen LogP contribution in [0.5, 0.6) is 5.75 Å². The summed E-state index contributed by atoms with van der Waals surface area (Å²) >= 11 is 0. The molecule has 0 saturated heterocycles. The maximum absolute atomic E-state index is 12.3. The van der Waals surface area contributed by atoms with E-state index in [1.54, 1.807) is 19.2 Å². The largest absolute Gasteiger partial charge is 0.491 e. The summed E-state index contributed by atoms with van der Waals surface area (Å²) in [6, 6.07) is 6.08. The number of methoxy groups -OCH3 is 1. The molecule has 0 aliphatic rings. The van der Waals surface area contributed by atoms with Crippen molar-refractivity contribution in [3.8, 4) is 5.75 Å². The van der Waals surface area contributed by atoms with Crippen molar-refractivity contribution < 1.29 is 17.9 Å². The lowest BCUT2D eigenvalue weighted by Gasteiger charge is -2.16. The highest BCUT2D eigenvalue weighted by Gasteiger charge is 2.18. The fourth-order valence-electron chi connectivity index (χ4n) is 1.92. The molecule has 0 aromatic heterocycles. The van der Waals surface area contributed by atoms with Crippen LogP contribution in [0.1, 0.15) is 26.2 Å². The number of nitrogens with one attached hydrogen (secondary N) is 1. The summed E-state index contributed by atoms with van der Waals surface area (Å²) in [6.45, 7) is 3.26. The SMILES string of the molecule is CCCCC(CN)NS(=O)(=O)c1ccc(OCCOC)cc1.Cl. The van der Waals surface area contributed by atoms with E-state index in [2.05, 4.69) is 11.6 Å². The van der Waals surface area contributed by atoms with Gasteiger partial charge in [0, 0.05) is 19.7 Å². The van der Waals surface area contributed by atoms with Crippen LogP contribution in [-0.2, 0) is 14.8 Å². The minimum absolute atomic E-state index is 0. The number of halogens is 1. The molecule has 134 valence electrons. The van der Waals surface area contributed by atoms with Crippen LogP contribution >= 0.6 is 12.4 Å². The molecule has 1 rings (SSSR count). The van der Waals surface area contributed by atoms with E-state index in [0.29, 0.717) is 19.0 Å². The minimum Gasteiger partial charge on any atom is -0.491 e. The number of hydrogen-bond acceptors (Lipinski definition) is 5. The van der Waals surface area contributed by atoms with E-state index >= 15 is 0 Å². The van der Waals surface area contributed by atoms with Gasteiger partial charge in [-0.05, 0) is 30.7 Å². The van der Waals surface area contributed by atoms with E-state index in [9.17, 15) is 8.42 Å². The van der Waals surface area contributed by atoms with Gasteiger partial charge in [-0.3, -0.25) is 0 Å². The highest BCUT2D eigenvalue weighted by Crippen LogP contribution is 2.16. The van der Waals surface area contributed by atoms with Gasteiger partial charge in [0.05, 0.1) is 11.5 Å². The molecule has 0 aliphatic carbocycles. The maximum Gasteiger partial charge on any atom is 0.240 e. The molecule has 0 spiro atoms. The number of sulfonamides is 1. The van der Waals surface area contributed by atoms with Crippen molar-refractivity contribution in [2.45, 2.75) is 37.1 Å². The third kappa shape index (κ3) is 7.99. The highest BCUT2D eigenvalue weighted by atomic mass is 35.5. The predicted octanol–water partition coefficient (Wildman–Crippen LogP) is 1.93. The zero-order valence-corrected chi connectivity index (χ0v) is 15.3. The average Bonchev–Trinajstić information content (AvgIpc) is 2.52. The van der Waals surface area contributed by atoms with Gasteiger partial charge < -0.3 is 15.2 Å². The molecule has 3 N–H and O–H groups in total. The Bertz CT molecular complexity index is 523. The lowest BCUT2D eigenvalue weighted by atomic mass is 10.1. The van der Waals surface area contributed by atoms with Crippen LogP contribution in [0.15, 0.2) is 29.2 Å². The second-order valence-corrected chi connectivity index (χ2v) is 6.72. The van der Waals surface area contributed by atoms with E-state index in [0.717, 1.165) is 19.3 Å². The summed E-state index contributed by atoms with van der Waals surface area (Å²) < 4.78 is 37.6. The standard InChI is InChI=1S/C15H26N2O4S.ClH/c1-3-4-5-13(12-16)17-22(18,19)15-8-6-14(7-9-15)21-11-10-20-2;/h6-9,13,17H,3-5,10-12,16H2,1-2H3;1H. The van der Waals surface area contributed by atoms with Gasteiger partial charge in [0.1, 0.15) is 12.4 Å². The first-order chi connectivity index (χ1) is 10.5. The molecule has 1 aromatic carbocycles. The molecule has 0 bridgehead atoms. The zero-order valence-electron chi connectivity index (χ0n) is 13.7. The van der Waals surface area contributed by atoms with E-state index in [1.165, 1.54) is 12.1 Å². The molecule has 0 fully saturated rings. The summed E-state index contributed by atoms with van der Waals surface area (Å²) in [7, 11) is -1.96. The van der Waals surface area contributed by atoms with Crippen LogP contribution in [0, 0.1) is 0 Å². The molecule has 23 heavy (non-hydrogen) atoms. The van der Waals surface area contributed by atoms with Crippen molar-refractivity contribution in [2.24, 2.45) is 5.73 Å². The van der Waals surface area contributed by atoms with Gasteiger partial charge in [-0.15, -0.1) is 12.4 Å². The van der Waals surface area contributed by atoms with Crippen molar-refractivity contribution in [1.82, 2.24) is 4.72 Å². The molecular formula is C15H27ClN2O4S. The fraction of sp³-hybridized carbons (Fsp3) is 0.600. The van der Waals surface area contributed by atoms with Gasteiger partial charge >= 0.3 is 0 Å². The first kappa shape index (κ1) is 22.1. The van der Waals surface area contributed by atoms with Crippen molar-refractivity contribution >= 4 is 22.4 Å². The molecule has 8 heteroatoms. The van der Waals surface area contributed by atoms with Gasteiger partial charge in [-0.2, -0.15) is 0 Å². The van der Waals surface area contributed by atoms with Crippen LogP contribution in [0.25, 0.3) is 0 Å². The van der Waals surface area contributed by atoms with E-state index in [-0.39, 0.29) is 29.9 Å². The molecular weight excluding hydrogens is 340 g/mol. The third-order valence-electron chi connectivity index (χ3n) is 3.20. The topological polar surface area (TPSA) is 90.7 Å². The first-order valence-electron chi connectivity index (χ1n) is 7.47. The number of ether oxygens (including phenoxy) is 2. The van der Waals surface area contributed by atoms with Crippen LogP contribution < -0.4 is 15.2 Å². The Hall–Kier alpha value is -0.860. The molecule has 1 atom stereocenters. The van der Waals surface area contributed by atoms with E-state index in [4.69, 9.17) is 15.2 Å². The quantitative estimate of drug-likeness (QED) is 0.584. The smallest absolute Gasteiger partial charge is 0.240 e. The van der Waals surface area contributed by atoms with E-state index in [1.807, 2.05) is 0 Å². The van der Waals surface area contributed by atoms with Crippen molar-refractivity contribution in [3.05, 3.63) is 24.3 Å². The Morgan fingerprint density at radius 3 is 2.39 bits per heavy atom. The van der Waals surface area contributed by atoms with Crippen molar-refractivity contribution in [2.75, 3.05) is 26.9 Å². The Labute approximate surface area is 145 Å². The molecule has 1 aromatic rings. The van der Waals surface area contributed by atoms with Crippen LogP contribution in [0.2, 0.25) is 0 Å². The number of benzene rings is 1.